The molecule has 0 aliphatic heterocycles. The van der Waals surface area contributed by atoms with E-state index >= 15 is 0 Å². The van der Waals surface area contributed by atoms with Crippen molar-refractivity contribution in [3.63, 3.8) is 0 Å². The van der Waals surface area contributed by atoms with E-state index in [1.54, 1.807) is 0 Å². The Morgan fingerprint density at radius 3 is 1.80 bits per heavy atom. The highest BCUT2D eigenvalue weighted by Crippen LogP contribution is 2.22. The van der Waals surface area contributed by atoms with Gasteiger partial charge < -0.3 is 0 Å². The topological polar surface area (TPSA) is 17.1 Å². The first-order chi connectivity index (χ1) is 9.45. The largest absolute Gasteiger partial charge is 0.299 e. The lowest BCUT2D eigenvalue weighted by atomic mass is 9.86. The lowest BCUT2D eigenvalue weighted by molar-refractivity contribution is -0.117. The van der Waals surface area contributed by atoms with E-state index in [1.807, 2.05) is 30.3 Å². The van der Waals surface area contributed by atoms with Crippen molar-refractivity contribution in [3.05, 3.63) is 71.3 Å². The summed E-state index contributed by atoms with van der Waals surface area (Å²) in [7, 11) is 0. The standard InChI is InChI=1S/C19H22O/c1-19(2,3)17-11-9-16(10-12-17)14-18(20)13-15-7-5-4-6-8-15/h4-12H,13-14H2,1-3H3. The Morgan fingerprint density at radius 1 is 0.800 bits per heavy atom. The molecule has 2 aromatic rings. The van der Waals surface area contributed by atoms with Crippen LogP contribution in [0.15, 0.2) is 54.6 Å². The summed E-state index contributed by atoms with van der Waals surface area (Å²) in [6, 6.07) is 18.3. The third kappa shape index (κ3) is 4.06. The van der Waals surface area contributed by atoms with E-state index < -0.39 is 0 Å². The number of rotatable bonds is 4. The van der Waals surface area contributed by atoms with Crippen LogP contribution in [0.3, 0.4) is 0 Å². The van der Waals surface area contributed by atoms with Crippen LogP contribution in [-0.4, -0.2) is 5.78 Å². The van der Waals surface area contributed by atoms with Crippen LogP contribution in [-0.2, 0) is 23.1 Å². The van der Waals surface area contributed by atoms with Crippen LogP contribution in [0.4, 0.5) is 0 Å². The van der Waals surface area contributed by atoms with Gasteiger partial charge in [-0.2, -0.15) is 0 Å². The molecule has 20 heavy (non-hydrogen) atoms. The molecule has 2 aromatic carbocycles. The Kier molecular flexibility index (Phi) is 4.39. The van der Waals surface area contributed by atoms with Crippen molar-refractivity contribution in [2.24, 2.45) is 0 Å². The van der Waals surface area contributed by atoms with Crippen LogP contribution in [0.1, 0.15) is 37.5 Å². The van der Waals surface area contributed by atoms with Crippen LogP contribution in [0, 0.1) is 0 Å². The number of ketones is 1. The fourth-order valence-corrected chi connectivity index (χ4v) is 2.24. The fourth-order valence-electron chi connectivity index (χ4n) is 2.24. The minimum atomic E-state index is 0.159. The second kappa shape index (κ2) is 6.04. The zero-order valence-electron chi connectivity index (χ0n) is 12.5. The quantitative estimate of drug-likeness (QED) is 0.804. The highest BCUT2D eigenvalue weighted by atomic mass is 16.1. The summed E-state index contributed by atoms with van der Waals surface area (Å²) in [4.78, 5) is 12.1. The molecule has 0 saturated carbocycles. The first kappa shape index (κ1) is 14.5. The van der Waals surface area contributed by atoms with Crippen molar-refractivity contribution in [2.75, 3.05) is 0 Å². The molecule has 0 radical (unpaired) electrons. The highest BCUT2D eigenvalue weighted by Gasteiger charge is 2.13. The van der Waals surface area contributed by atoms with Crippen molar-refractivity contribution in [1.29, 1.82) is 0 Å². The Labute approximate surface area is 121 Å². The SMILES string of the molecule is CC(C)(C)c1ccc(CC(=O)Cc2ccccc2)cc1. The molecule has 1 nitrogen and oxygen atoms in total. The van der Waals surface area contributed by atoms with Crippen LogP contribution in [0.2, 0.25) is 0 Å². The zero-order chi connectivity index (χ0) is 14.6. The summed E-state index contributed by atoms with van der Waals surface area (Å²) in [6.07, 6.45) is 1.03. The first-order valence-electron chi connectivity index (χ1n) is 7.10. The van der Waals surface area contributed by atoms with Gasteiger partial charge in [-0.3, -0.25) is 4.79 Å². The van der Waals surface area contributed by atoms with Crippen LogP contribution in [0.5, 0.6) is 0 Å². The Hall–Kier alpha value is -1.89. The van der Waals surface area contributed by atoms with Gasteiger partial charge in [0.05, 0.1) is 0 Å². The van der Waals surface area contributed by atoms with Gasteiger partial charge in [0.25, 0.3) is 0 Å². The highest BCUT2D eigenvalue weighted by molar-refractivity contribution is 5.83. The monoisotopic (exact) mass is 266 g/mol. The van der Waals surface area contributed by atoms with Crippen molar-refractivity contribution in [1.82, 2.24) is 0 Å². The van der Waals surface area contributed by atoms with Crippen molar-refractivity contribution in [3.8, 4) is 0 Å². The summed E-state index contributed by atoms with van der Waals surface area (Å²) < 4.78 is 0. The molecule has 0 aliphatic rings. The predicted molar refractivity (Wildman–Crippen MR) is 84.0 cm³/mol. The third-order valence-corrected chi connectivity index (χ3v) is 3.47. The number of carbonyl (C=O) groups is 1. The molecule has 0 saturated heterocycles. The van der Waals surface area contributed by atoms with Gasteiger partial charge in [0, 0.05) is 12.8 Å². The maximum atomic E-state index is 12.1. The lowest BCUT2D eigenvalue weighted by Gasteiger charge is -2.19. The molecule has 0 spiro atoms. The number of carbonyl (C=O) groups excluding carboxylic acids is 1. The van der Waals surface area contributed by atoms with E-state index in [1.165, 1.54) is 5.56 Å². The molecule has 0 amide bonds. The molecule has 104 valence electrons. The van der Waals surface area contributed by atoms with Crippen LogP contribution < -0.4 is 0 Å². The predicted octanol–water partition coefficient (Wildman–Crippen LogP) is 4.34. The Bertz CT molecular complexity index is 559. The van der Waals surface area contributed by atoms with Gasteiger partial charge in [-0.05, 0) is 22.1 Å². The maximum absolute atomic E-state index is 12.1. The molecule has 0 heterocycles. The van der Waals surface area contributed by atoms with Crippen LogP contribution in [0.25, 0.3) is 0 Å². The van der Waals surface area contributed by atoms with Gasteiger partial charge in [0.15, 0.2) is 0 Å². The third-order valence-electron chi connectivity index (χ3n) is 3.47. The summed E-state index contributed by atoms with van der Waals surface area (Å²) in [5, 5.41) is 0. The smallest absolute Gasteiger partial charge is 0.141 e. The number of hydrogen-bond acceptors (Lipinski definition) is 1. The van der Waals surface area contributed by atoms with Crippen molar-refractivity contribution >= 4 is 5.78 Å². The number of hydrogen-bond donors (Lipinski definition) is 0. The van der Waals surface area contributed by atoms with Gasteiger partial charge in [0.2, 0.25) is 0 Å². The van der Waals surface area contributed by atoms with E-state index in [0.717, 1.165) is 11.1 Å². The minimum absolute atomic E-state index is 0.159. The second-order valence-corrected chi connectivity index (χ2v) is 6.32. The summed E-state index contributed by atoms with van der Waals surface area (Å²) in [6.45, 7) is 6.59. The molecule has 0 atom stereocenters. The maximum Gasteiger partial charge on any atom is 0.141 e. The van der Waals surface area contributed by atoms with E-state index in [-0.39, 0.29) is 11.2 Å². The van der Waals surface area contributed by atoms with Gasteiger partial charge >= 0.3 is 0 Å². The molecule has 1 heteroatoms. The van der Waals surface area contributed by atoms with Crippen LogP contribution >= 0.6 is 0 Å². The molecule has 0 fully saturated rings. The minimum Gasteiger partial charge on any atom is -0.299 e. The Balaban J connectivity index is 1.98. The molecule has 0 bridgehead atoms. The van der Waals surface area contributed by atoms with Gasteiger partial charge in [-0.25, -0.2) is 0 Å². The zero-order valence-corrected chi connectivity index (χ0v) is 12.5. The molecule has 2 rings (SSSR count). The first-order valence-corrected chi connectivity index (χ1v) is 7.10. The fraction of sp³-hybridized carbons (Fsp3) is 0.316. The van der Waals surface area contributed by atoms with Gasteiger partial charge in [-0.1, -0.05) is 75.4 Å². The number of benzene rings is 2. The van der Waals surface area contributed by atoms with Crippen molar-refractivity contribution in [2.45, 2.75) is 39.0 Å². The molecule has 0 aliphatic carbocycles. The summed E-state index contributed by atoms with van der Waals surface area (Å²) in [5.41, 5.74) is 3.64. The van der Waals surface area contributed by atoms with E-state index in [2.05, 4.69) is 45.0 Å². The van der Waals surface area contributed by atoms with E-state index in [9.17, 15) is 4.79 Å². The molecular formula is C19H22O. The van der Waals surface area contributed by atoms with Crippen molar-refractivity contribution < 1.29 is 4.79 Å². The molecule has 0 N–H and O–H groups in total. The number of Topliss-reactive ketones (excluding diaryl/α,β-unsaturated/α-hetero) is 1. The average molecular weight is 266 g/mol. The van der Waals surface area contributed by atoms with E-state index in [4.69, 9.17) is 0 Å². The second-order valence-electron chi connectivity index (χ2n) is 6.32. The molecule has 0 unspecified atom stereocenters. The lowest BCUT2D eigenvalue weighted by Crippen LogP contribution is -2.11. The molecule has 0 aromatic heterocycles. The van der Waals surface area contributed by atoms with Gasteiger partial charge in [-0.15, -0.1) is 0 Å². The Morgan fingerprint density at radius 2 is 1.30 bits per heavy atom. The van der Waals surface area contributed by atoms with E-state index in [0.29, 0.717) is 12.8 Å². The normalized spacial score (nSPS) is 11.3. The summed E-state index contributed by atoms with van der Waals surface area (Å²) in [5.74, 6) is 0.264. The summed E-state index contributed by atoms with van der Waals surface area (Å²) >= 11 is 0. The average Bonchev–Trinajstić information content (AvgIpc) is 2.39. The molecular weight excluding hydrogens is 244 g/mol. The van der Waals surface area contributed by atoms with Gasteiger partial charge in [0.1, 0.15) is 5.78 Å².